The lowest BCUT2D eigenvalue weighted by atomic mass is 9.89. The van der Waals surface area contributed by atoms with E-state index in [1.807, 2.05) is 18.2 Å². The van der Waals surface area contributed by atoms with E-state index in [1.165, 1.54) is 52.4 Å². The number of methoxy groups -OCH3 is 1. The highest BCUT2D eigenvalue weighted by Gasteiger charge is 2.60. The Morgan fingerprint density at radius 3 is 2.39 bits per heavy atom. The second-order valence-corrected chi connectivity index (χ2v) is 11.2. The number of alkyl halides is 3. The van der Waals surface area contributed by atoms with Gasteiger partial charge >= 0.3 is 6.18 Å². The Kier molecular flexibility index (Phi) is 7.43. The van der Waals surface area contributed by atoms with Crippen molar-refractivity contribution in [2.24, 2.45) is 0 Å². The Labute approximate surface area is 240 Å². The molecule has 1 aromatic carbocycles. The summed E-state index contributed by atoms with van der Waals surface area (Å²) in [6.07, 6.45) is 5.95. The number of aryl methyl sites for hydroxylation is 1. The molecule has 0 spiro atoms. The fraction of sp³-hybridized carbons (Fsp3) is 0.323. The summed E-state index contributed by atoms with van der Waals surface area (Å²) in [4.78, 5) is 7.20. The Morgan fingerprint density at radius 2 is 1.78 bits per heavy atom. The van der Waals surface area contributed by atoms with Crippen LogP contribution in [-0.2, 0) is 17.6 Å². The molecule has 0 amide bonds. The zero-order chi connectivity index (χ0) is 29.4. The number of ether oxygens (including phenoxy) is 2. The molecule has 0 fully saturated rings. The number of benzene rings is 1. The maximum Gasteiger partial charge on any atom is 0.430 e. The fourth-order valence-electron chi connectivity index (χ4n) is 5.62. The Bertz CT molecular complexity index is 1640. The lowest BCUT2D eigenvalue weighted by Gasteiger charge is -2.38. The number of rotatable bonds is 5. The summed E-state index contributed by atoms with van der Waals surface area (Å²) in [6.45, 7) is 10.4. The second kappa shape index (κ2) is 10.8. The van der Waals surface area contributed by atoms with Crippen molar-refractivity contribution < 1.29 is 22.6 Å². The number of anilines is 1. The molecule has 0 bridgehead atoms. The lowest BCUT2D eigenvalue weighted by Crippen LogP contribution is -2.43. The number of nitrogens with zero attached hydrogens (tertiary/aromatic N) is 4. The number of allylic oxidation sites excluding steroid dienone is 1. The molecule has 4 heterocycles. The standard InChI is InChI=1S/C31H25F3N4O2S/c1-30(31(32,33)34)25(26(37-2)29(40-30)21(17-35)18-36)13-12-23-11-10-22(41-23)9-8-20-16-19-6-4-14-38-15-5-7-24(27(19)38)28(20)39-3/h8-13,16H,4-7,14-15H2,1,3H3/b9-8+,13-12+. The molecule has 10 heteroatoms. The van der Waals surface area contributed by atoms with Gasteiger partial charge in [0.2, 0.25) is 11.3 Å². The number of hydrogen-bond donors (Lipinski definition) is 0. The predicted molar refractivity (Wildman–Crippen MR) is 152 cm³/mol. The number of thiophene rings is 1. The van der Waals surface area contributed by atoms with Gasteiger partial charge in [-0.2, -0.15) is 23.7 Å². The van der Waals surface area contributed by atoms with Crippen molar-refractivity contribution in [1.29, 1.82) is 10.5 Å². The van der Waals surface area contributed by atoms with Crippen LogP contribution in [0.5, 0.6) is 5.75 Å². The van der Waals surface area contributed by atoms with Gasteiger partial charge < -0.3 is 14.4 Å². The molecule has 6 nitrogen and oxygen atoms in total. The summed E-state index contributed by atoms with van der Waals surface area (Å²) in [5, 5.41) is 18.4. The van der Waals surface area contributed by atoms with Crippen LogP contribution in [0.1, 0.15) is 46.2 Å². The van der Waals surface area contributed by atoms with E-state index in [-0.39, 0.29) is 0 Å². The molecule has 0 saturated carbocycles. The SMILES string of the molecule is [C-]#[N+]C1=C(/C=C/c2ccc(/C=C/c3cc4c5c(c3OC)CCCN5CCC4)s2)C(C)(C(F)(F)F)OC1=C(C#N)C#N. The first-order valence-electron chi connectivity index (χ1n) is 13.0. The number of nitriles is 2. The summed E-state index contributed by atoms with van der Waals surface area (Å²) in [7, 11) is 1.69. The molecule has 0 aliphatic carbocycles. The van der Waals surface area contributed by atoms with Gasteiger partial charge in [-0.3, -0.25) is 0 Å². The first-order chi connectivity index (χ1) is 19.6. The van der Waals surface area contributed by atoms with Crippen LogP contribution in [0.2, 0.25) is 0 Å². The van der Waals surface area contributed by atoms with Crippen LogP contribution in [-0.4, -0.2) is 32.0 Å². The molecule has 41 heavy (non-hydrogen) atoms. The molecule has 208 valence electrons. The van der Waals surface area contributed by atoms with Gasteiger partial charge in [0.05, 0.1) is 13.7 Å². The highest BCUT2D eigenvalue weighted by Crippen LogP contribution is 2.50. The molecular weight excluding hydrogens is 549 g/mol. The van der Waals surface area contributed by atoms with E-state index in [0.29, 0.717) is 4.88 Å². The van der Waals surface area contributed by atoms with Gasteiger partial charge in [0.25, 0.3) is 0 Å². The zero-order valence-corrected chi connectivity index (χ0v) is 23.2. The quantitative estimate of drug-likeness (QED) is 0.274. The van der Waals surface area contributed by atoms with Gasteiger partial charge in [0, 0.05) is 45.2 Å². The van der Waals surface area contributed by atoms with Gasteiger partial charge in [-0.05, 0) is 74.6 Å². The third-order valence-corrected chi connectivity index (χ3v) is 8.60. The molecule has 1 aromatic heterocycles. The van der Waals surface area contributed by atoms with Gasteiger partial charge in [-0.1, -0.05) is 6.08 Å². The predicted octanol–water partition coefficient (Wildman–Crippen LogP) is 7.46. The summed E-state index contributed by atoms with van der Waals surface area (Å²) in [6, 6.07) is 8.87. The monoisotopic (exact) mass is 574 g/mol. The van der Waals surface area contributed by atoms with Crippen LogP contribution < -0.4 is 9.64 Å². The second-order valence-electron chi connectivity index (χ2n) is 10.0. The molecule has 2 aromatic rings. The minimum absolute atomic E-state index is 0.453. The Hall–Kier alpha value is -4.46. The van der Waals surface area contributed by atoms with Crippen molar-refractivity contribution in [3.05, 3.63) is 84.7 Å². The molecule has 1 atom stereocenters. The van der Waals surface area contributed by atoms with E-state index in [2.05, 4.69) is 15.8 Å². The van der Waals surface area contributed by atoms with Crippen LogP contribution in [0.4, 0.5) is 18.9 Å². The summed E-state index contributed by atoms with van der Waals surface area (Å²) in [5.74, 6) is 0.230. The van der Waals surface area contributed by atoms with Crippen LogP contribution in [0.15, 0.2) is 46.9 Å². The van der Waals surface area contributed by atoms with E-state index in [1.54, 1.807) is 13.2 Å². The largest absolute Gasteiger partial charge is 0.496 e. The van der Waals surface area contributed by atoms with Gasteiger partial charge in [-0.15, -0.1) is 11.3 Å². The van der Waals surface area contributed by atoms with Gasteiger partial charge in [0.15, 0.2) is 11.3 Å². The third kappa shape index (κ3) is 4.88. The van der Waals surface area contributed by atoms with Gasteiger partial charge in [0.1, 0.15) is 17.9 Å². The lowest BCUT2D eigenvalue weighted by molar-refractivity contribution is -0.236. The molecule has 3 aliphatic rings. The van der Waals surface area contributed by atoms with E-state index < -0.39 is 34.4 Å². The van der Waals surface area contributed by atoms with Crippen molar-refractivity contribution >= 4 is 35.3 Å². The third-order valence-electron chi connectivity index (χ3n) is 7.59. The molecule has 1 unspecified atom stereocenters. The number of hydrogen-bond acceptors (Lipinski definition) is 6. The normalized spacial score (nSPS) is 20.0. The molecule has 5 rings (SSSR count). The van der Waals surface area contributed by atoms with Crippen molar-refractivity contribution in [2.75, 3.05) is 25.1 Å². The average molecular weight is 575 g/mol. The summed E-state index contributed by atoms with van der Waals surface area (Å²) >= 11 is 1.37. The molecular formula is C31H25F3N4O2S. The molecule has 0 radical (unpaired) electrons. The van der Waals surface area contributed by atoms with Crippen molar-refractivity contribution in [1.82, 2.24) is 0 Å². The van der Waals surface area contributed by atoms with E-state index in [4.69, 9.17) is 16.0 Å². The zero-order valence-electron chi connectivity index (χ0n) is 22.4. The fourth-order valence-corrected chi connectivity index (χ4v) is 6.43. The number of halogens is 3. The van der Waals surface area contributed by atoms with Gasteiger partial charge in [-0.25, -0.2) is 4.85 Å². The summed E-state index contributed by atoms with van der Waals surface area (Å²) in [5.41, 5.74) is 0.393. The first-order valence-corrected chi connectivity index (χ1v) is 13.8. The van der Waals surface area contributed by atoms with E-state index >= 15 is 0 Å². The van der Waals surface area contributed by atoms with Crippen LogP contribution in [0.3, 0.4) is 0 Å². The minimum atomic E-state index is -4.89. The maximum atomic E-state index is 14.1. The smallest absolute Gasteiger partial charge is 0.430 e. The topological polar surface area (TPSA) is 73.6 Å². The van der Waals surface area contributed by atoms with E-state index in [0.717, 1.165) is 61.9 Å². The molecule has 0 saturated heterocycles. The van der Waals surface area contributed by atoms with Crippen LogP contribution in [0, 0.1) is 29.2 Å². The van der Waals surface area contributed by atoms with Crippen LogP contribution in [0.25, 0.3) is 23.1 Å². The van der Waals surface area contributed by atoms with Crippen LogP contribution >= 0.6 is 11.3 Å². The summed E-state index contributed by atoms with van der Waals surface area (Å²) < 4.78 is 53.2. The maximum absolute atomic E-state index is 14.1. The molecule has 3 aliphatic heterocycles. The van der Waals surface area contributed by atoms with E-state index in [9.17, 15) is 23.7 Å². The van der Waals surface area contributed by atoms with Crippen molar-refractivity contribution in [3.63, 3.8) is 0 Å². The Balaban J connectivity index is 1.46. The highest BCUT2D eigenvalue weighted by atomic mass is 32.1. The Morgan fingerprint density at radius 1 is 1.12 bits per heavy atom. The minimum Gasteiger partial charge on any atom is -0.496 e. The first kappa shape index (κ1) is 28.1. The van der Waals surface area contributed by atoms with Crippen molar-refractivity contribution in [3.8, 4) is 17.9 Å². The van der Waals surface area contributed by atoms with Crippen molar-refractivity contribution in [2.45, 2.75) is 44.4 Å². The average Bonchev–Trinajstić information content (AvgIpc) is 3.53. The molecule has 0 N–H and O–H groups in total. The highest BCUT2D eigenvalue weighted by molar-refractivity contribution is 7.13.